The zero-order valence-corrected chi connectivity index (χ0v) is 10.6. The largest absolute Gasteiger partial charge is 0.346 e. The van der Waals surface area contributed by atoms with Crippen LogP contribution in [-0.4, -0.2) is 5.91 Å². The molecule has 1 rings (SSSR count). The summed E-state index contributed by atoms with van der Waals surface area (Å²) in [4.78, 5) is 11.1. The summed E-state index contributed by atoms with van der Waals surface area (Å²) in [6.45, 7) is 5.30. The van der Waals surface area contributed by atoms with E-state index >= 15 is 0 Å². The predicted octanol–water partition coefficient (Wildman–Crippen LogP) is 3.47. The summed E-state index contributed by atoms with van der Waals surface area (Å²) in [6, 6.07) is 5.38. The van der Waals surface area contributed by atoms with E-state index in [0.717, 1.165) is 10.0 Å². The minimum absolute atomic E-state index is 0.0814. The third-order valence-corrected chi connectivity index (χ3v) is 2.90. The molecular weight excluding hydrogens is 277 g/mol. The van der Waals surface area contributed by atoms with E-state index in [1.807, 2.05) is 13.0 Å². The first kappa shape index (κ1) is 12.3. The zero-order valence-electron chi connectivity index (χ0n) is 8.26. The topological polar surface area (TPSA) is 29.1 Å². The molecule has 1 aromatic carbocycles. The highest BCUT2D eigenvalue weighted by Gasteiger charge is 2.10. The predicted molar refractivity (Wildman–Crippen MR) is 65.9 cm³/mol. The number of hydrogen-bond acceptors (Lipinski definition) is 1. The monoisotopic (exact) mass is 287 g/mol. The van der Waals surface area contributed by atoms with Gasteiger partial charge in [-0.3, -0.25) is 4.79 Å². The van der Waals surface area contributed by atoms with Crippen molar-refractivity contribution in [3.8, 4) is 0 Å². The summed E-state index contributed by atoms with van der Waals surface area (Å²) < 4.78 is 0.881. The summed E-state index contributed by atoms with van der Waals surface area (Å²) >= 11 is 9.22. The van der Waals surface area contributed by atoms with E-state index < -0.39 is 0 Å². The van der Waals surface area contributed by atoms with Crippen LogP contribution in [0.15, 0.2) is 35.3 Å². The van der Waals surface area contributed by atoms with E-state index in [9.17, 15) is 4.79 Å². The second kappa shape index (κ2) is 5.33. The summed E-state index contributed by atoms with van der Waals surface area (Å²) in [5, 5.41) is 3.44. The maximum atomic E-state index is 11.1. The van der Waals surface area contributed by atoms with Crippen molar-refractivity contribution in [3.05, 3.63) is 45.9 Å². The van der Waals surface area contributed by atoms with Gasteiger partial charge < -0.3 is 5.32 Å². The van der Waals surface area contributed by atoms with Gasteiger partial charge in [0.25, 0.3) is 0 Å². The van der Waals surface area contributed by atoms with Gasteiger partial charge >= 0.3 is 0 Å². The molecular formula is C11H11BrClNO. The molecule has 0 heterocycles. The molecule has 0 saturated heterocycles. The fourth-order valence-electron chi connectivity index (χ4n) is 1.20. The molecule has 0 aromatic heterocycles. The molecule has 0 aliphatic carbocycles. The van der Waals surface area contributed by atoms with Crippen LogP contribution in [0.25, 0.3) is 0 Å². The number of carbonyl (C=O) groups excluding carboxylic acids is 1. The molecule has 2 nitrogen and oxygen atoms in total. The molecule has 1 atom stereocenters. The third kappa shape index (κ3) is 3.36. The van der Waals surface area contributed by atoms with Crippen LogP contribution in [0.2, 0.25) is 5.02 Å². The Kier molecular flexibility index (Phi) is 4.36. The summed E-state index contributed by atoms with van der Waals surface area (Å²) in [5.41, 5.74) is 0.981. The minimum Gasteiger partial charge on any atom is -0.346 e. The smallest absolute Gasteiger partial charge is 0.243 e. The Morgan fingerprint density at radius 1 is 1.67 bits per heavy atom. The second-order valence-corrected chi connectivity index (χ2v) is 4.39. The Labute approximate surface area is 102 Å². The number of halogens is 2. The lowest BCUT2D eigenvalue weighted by Crippen LogP contribution is -2.24. The van der Waals surface area contributed by atoms with Gasteiger partial charge in [0.2, 0.25) is 5.91 Å². The molecule has 1 N–H and O–H groups in total. The van der Waals surface area contributed by atoms with Gasteiger partial charge in [-0.15, -0.1) is 0 Å². The van der Waals surface area contributed by atoms with E-state index in [0.29, 0.717) is 5.02 Å². The van der Waals surface area contributed by atoms with Crippen LogP contribution in [-0.2, 0) is 4.79 Å². The molecule has 0 saturated carbocycles. The minimum atomic E-state index is -0.190. The summed E-state index contributed by atoms with van der Waals surface area (Å²) in [7, 11) is 0. The lowest BCUT2D eigenvalue weighted by molar-refractivity contribution is -0.117. The van der Waals surface area contributed by atoms with Crippen molar-refractivity contribution < 1.29 is 4.79 Å². The fourth-order valence-corrected chi connectivity index (χ4v) is 2.23. The highest BCUT2D eigenvalue weighted by molar-refractivity contribution is 9.10. The van der Waals surface area contributed by atoms with Gasteiger partial charge in [0.15, 0.2) is 0 Å². The molecule has 15 heavy (non-hydrogen) atoms. The van der Waals surface area contributed by atoms with Crippen LogP contribution in [0, 0.1) is 0 Å². The van der Waals surface area contributed by atoms with Gasteiger partial charge in [-0.05, 0) is 30.7 Å². The van der Waals surface area contributed by atoms with Crippen LogP contribution in [0.5, 0.6) is 0 Å². The number of benzene rings is 1. The molecule has 4 heteroatoms. The second-order valence-electron chi connectivity index (χ2n) is 3.10. The lowest BCUT2D eigenvalue weighted by atomic mass is 10.1. The van der Waals surface area contributed by atoms with Crippen LogP contribution in [0.1, 0.15) is 18.5 Å². The molecule has 0 radical (unpaired) electrons. The molecule has 0 unspecified atom stereocenters. The summed E-state index contributed by atoms with van der Waals surface area (Å²) in [5.74, 6) is -0.190. The SMILES string of the molecule is C=CC(=O)N[C@H](C)c1ccc(Cl)cc1Br. The highest BCUT2D eigenvalue weighted by atomic mass is 79.9. The molecule has 0 bridgehead atoms. The van der Waals surface area contributed by atoms with Crippen molar-refractivity contribution in [1.29, 1.82) is 0 Å². The van der Waals surface area contributed by atoms with Crippen molar-refractivity contribution in [3.63, 3.8) is 0 Å². The highest BCUT2D eigenvalue weighted by Crippen LogP contribution is 2.26. The Morgan fingerprint density at radius 3 is 2.87 bits per heavy atom. The molecule has 0 aliphatic rings. The van der Waals surface area contributed by atoms with Crippen LogP contribution >= 0.6 is 27.5 Å². The van der Waals surface area contributed by atoms with Crippen molar-refractivity contribution in [1.82, 2.24) is 5.32 Å². The first-order valence-electron chi connectivity index (χ1n) is 4.42. The Bertz CT molecular complexity index is 392. The summed E-state index contributed by atoms with van der Waals surface area (Å²) in [6.07, 6.45) is 1.25. The number of nitrogens with one attached hydrogen (secondary N) is 1. The first-order chi connectivity index (χ1) is 7.04. The molecule has 0 spiro atoms. The van der Waals surface area contributed by atoms with E-state index in [2.05, 4.69) is 27.8 Å². The zero-order chi connectivity index (χ0) is 11.4. The van der Waals surface area contributed by atoms with E-state index in [1.54, 1.807) is 12.1 Å². The van der Waals surface area contributed by atoms with Gasteiger partial charge in [-0.1, -0.05) is 40.2 Å². The average molecular weight is 289 g/mol. The van der Waals surface area contributed by atoms with Crippen LogP contribution < -0.4 is 5.32 Å². The Balaban J connectivity index is 2.86. The number of rotatable bonds is 3. The average Bonchev–Trinajstić information content (AvgIpc) is 2.17. The lowest BCUT2D eigenvalue weighted by Gasteiger charge is -2.14. The van der Waals surface area contributed by atoms with E-state index in [4.69, 9.17) is 11.6 Å². The van der Waals surface area contributed by atoms with Crippen LogP contribution in [0.3, 0.4) is 0 Å². The van der Waals surface area contributed by atoms with Crippen molar-refractivity contribution >= 4 is 33.4 Å². The van der Waals surface area contributed by atoms with E-state index in [1.165, 1.54) is 6.08 Å². The van der Waals surface area contributed by atoms with Gasteiger partial charge in [0.1, 0.15) is 0 Å². The Morgan fingerprint density at radius 2 is 2.33 bits per heavy atom. The van der Waals surface area contributed by atoms with E-state index in [-0.39, 0.29) is 11.9 Å². The molecule has 1 amide bonds. The van der Waals surface area contributed by atoms with Gasteiger partial charge in [0, 0.05) is 9.50 Å². The molecule has 1 aromatic rings. The fraction of sp³-hybridized carbons (Fsp3) is 0.182. The van der Waals surface area contributed by atoms with Gasteiger partial charge in [-0.2, -0.15) is 0 Å². The maximum Gasteiger partial charge on any atom is 0.243 e. The molecule has 80 valence electrons. The van der Waals surface area contributed by atoms with Crippen molar-refractivity contribution in [2.24, 2.45) is 0 Å². The number of hydrogen-bond donors (Lipinski definition) is 1. The standard InChI is InChI=1S/C11H11BrClNO/c1-3-11(15)14-7(2)9-5-4-8(13)6-10(9)12/h3-7H,1H2,2H3,(H,14,15)/t7-/m1/s1. The molecule has 0 aliphatic heterocycles. The normalized spacial score (nSPS) is 11.9. The number of amides is 1. The molecule has 0 fully saturated rings. The van der Waals surface area contributed by atoms with Gasteiger partial charge in [0.05, 0.1) is 6.04 Å². The first-order valence-corrected chi connectivity index (χ1v) is 5.59. The Hall–Kier alpha value is -0.800. The third-order valence-electron chi connectivity index (χ3n) is 1.97. The van der Waals surface area contributed by atoms with Crippen molar-refractivity contribution in [2.75, 3.05) is 0 Å². The van der Waals surface area contributed by atoms with Gasteiger partial charge in [-0.25, -0.2) is 0 Å². The van der Waals surface area contributed by atoms with Crippen LogP contribution in [0.4, 0.5) is 0 Å². The maximum absolute atomic E-state index is 11.1. The number of carbonyl (C=O) groups is 1. The van der Waals surface area contributed by atoms with Crippen molar-refractivity contribution in [2.45, 2.75) is 13.0 Å². The quantitative estimate of drug-likeness (QED) is 0.848.